The molecule has 0 spiro atoms. The van der Waals surface area contributed by atoms with E-state index >= 15 is 0 Å². The molecular weight excluding hydrogens is 239 g/mol. The summed E-state index contributed by atoms with van der Waals surface area (Å²) < 4.78 is 36.5. The molecule has 1 aliphatic rings. The number of carboxylic acids is 1. The SMILES string of the molecule is CC(C)(C(=O)O)C1(NC(=O)C(F)(F)F)CCC1. The third-order valence-electron chi connectivity index (χ3n) is 3.55. The van der Waals surface area contributed by atoms with Crippen LogP contribution in [0.4, 0.5) is 13.2 Å². The van der Waals surface area contributed by atoms with E-state index in [1.165, 1.54) is 13.8 Å². The van der Waals surface area contributed by atoms with Gasteiger partial charge < -0.3 is 10.4 Å². The van der Waals surface area contributed by atoms with Crippen molar-refractivity contribution in [3.8, 4) is 0 Å². The summed E-state index contributed by atoms with van der Waals surface area (Å²) in [5.74, 6) is -3.30. The van der Waals surface area contributed by atoms with Gasteiger partial charge in [0, 0.05) is 0 Å². The largest absolute Gasteiger partial charge is 0.481 e. The van der Waals surface area contributed by atoms with Crippen LogP contribution in [0.2, 0.25) is 0 Å². The zero-order chi connectivity index (χ0) is 13.5. The first-order valence-electron chi connectivity index (χ1n) is 5.16. The van der Waals surface area contributed by atoms with Crippen molar-refractivity contribution >= 4 is 11.9 Å². The van der Waals surface area contributed by atoms with Crippen LogP contribution in [0.1, 0.15) is 33.1 Å². The molecule has 0 unspecified atom stereocenters. The van der Waals surface area contributed by atoms with Crippen LogP contribution in [0, 0.1) is 5.41 Å². The van der Waals surface area contributed by atoms with Crippen LogP contribution in [-0.4, -0.2) is 28.7 Å². The first kappa shape index (κ1) is 13.8. The molecule has 1 saturated carbocycles. The van der Waals surface area contributed by atoms with Crippen molar-refractivity contribution in [3.05, 3.63) is 0 Å². The van der Waals surface area contributed by atoms with Gasteiger partial charge in [-0.3, -0.25) is 9.59 Å². The maximum absolute atomic E-state index is 12.2. The highest BCUT2D eigenvalue weighted by Gasteiger charge is 2.57. The van der Waals surface area contributed by atoms with Crippen molar-refractivity contribution < 1.29 is 27.9 Å². The molecule has 17 heavy (non-hydrogen) atoms. The summed E-state index contributed by atoms with van der Waals surface area (Å²) in [6.07, 6.45) is -3.89. The van der Waals surface area contributed by atoms with E-state index in [0.717, 1.165) is 0 Å². The standard InChI is InChI=1S/C10H14F3NO3/c1-8(2,7(16)17)9(4-3-5-9)14-6(15)10(11,12)13/h3-5H2,1-2H3,(H,14,15)(H,16,17). The summed E-state index contributed by atoms with van der Waals surface area (Å²) in [6.45, 7) is 2.65. The fraction of sp³-hybridized carbons (Fsp3) is 0.800. The van der Waals surface area contributed by atoms with Gasteiger partial charge >= 0.3 is 18.1 Å². The van der Waals surface area contributed by atoms with Crippen molar-refractivity contribution in [1.29, 1.82) is 0 Å². The van der Waals surface area contributed by atoms with Crippen LogP contribution >= 0.6 is 0 Å². The summed E-state index contributed by atoms with van der Waals surface area (Å²) in [7, 11) is 0. The predicted octanol–water partition coefficient (Wildman–Crippen LogP) is 1.70. The van der Waals surface area contributed by atoms with Crippen LogP contribution < -0.4 is 5.32 Å². The van der Waals surface area contributed by atoms with Gasteiger partial charge in [-0.05, 0) is 33.1 Å². The van der Waals surface area contributed by atoms with Crippen LogP contribution in [0.5, 0.6) is 0 Å². The maximum atomic E-state index is 12.2. The fourth-order valence-corrected chi connectivity index (χ4v) is 1.93. The molecule has 0 bridgehead atoms. The second-order valence-corrected chi connectivity index (χ2v) is 4.82. The minimum Gasteiger partial charge on any atom is -0.481 e. The number of carbonyl (C=O) groups excluding carboxylic acids is 1. The highest BCUT2D eigenvalue weighted by Crippen LogP contribution is 2.46. The summed E-state index contributed by atoms with van der Waals surface area (Å²) in [4.78, 5) is 22.0. The van der Waals surface area contributed by atoms with E-state index < -0.39 is 29.0 Å². The molecule has 1 aliphatic carbocycles. The predicted molar refractivity (Wildman–Crippen MR) is 52.2 cm³/mol. The number of amides is 1. The molecule has 0 atom stereocenters. The van der Waals surface area contributed by atoms with Gasteiger partial charge in [-0.25, -0.2) is 0 Å². The number of carboxylic acid groups (broad SMARTS) is 1. The topological polar surface area (TPSA) is 66.4 Å². The van der Waals surface area contributed by atoms with Gasteiger partial charge in [-0.1, -0.05) is 0 Å². The molecule has 0 saturated heterocycles. The Morgan fingerprint density at radius 1 is 1.24 bits per heavy atom. The van der Waals surface area contributed by atoms with Crippen LogP contribution in [-0.2, 0) is 9.59 Å². The minimum atomic E-state index is -4.99. The third kappa shape index (κ3) is 2.23. The van der Waals surface area contributed by atoms with Gasteiger partial charge in [0.1, 0.15) is 0 Å². The van der Waals surface area contributed by atoms with E-state index in [4.69, 9.17) is 5.11 Å². The third-order valence-corrected chi connectivity index (χ3v) is 3.55. The Morgan fingerprint density at radius 3 is 1.94 bits per heavy atom. The first-order chi connectivity index (χ1) is 7.53. The fourth-order valence-electron chi connectivity index (χ4n) is 1.93. The van der Waals surface area contributed by atoms with Crippen molar-refractivity contribution in [2.24, 2.45) is 5.41 Å². The summed E-state index contributed by atoms with van der Waals surface area (Å²) in [5.41, 5.74) is -2.72. The van der Waals surface area contributed by atoms with Gasteiger partial charge in [-0.2, -0.15) is 13.2 Å². The average Bonchev–Trinajstić information content (AvgIpc) is 2.08. The highest BCUT2D eigenvalue weighted by atomic mass is 19.4. The molecule has 0 aromatic carbocycles. The molecule has 0 heterocycles. The highest BCUT2D eigenvalue weighted by molar-refractivity contribution is 5.84. The zero-order valence-corrected chi connectivity index (χ0v) is 9.52. The van der Waals surface area contributed by atoms with Crippen molar-refractivity contribution in [2.75, 3.05) is 0 Å². The Hall–Kier alpha value is -1.27. The number of rotatable bonds is 3. The molecule has 1 fully saturated rings. The van der Waals surface area contributed by atoms with E-state index in [0.29, 0.717) is 6.42 Å². The number of hydrogen-bond acceptors (Lipinski definition) is 2. The van der Waals surface area contributed by atoms with Crippen molar-refractivity contribution in [3.63, 3.8) is 0 Å². The molecule has 0 aromatic heterocycles. The van der Waals surface area contributed by atoms with Gasteiger partial charge in [0.2, 0.25) is 0 Å². The van der Waals surface area contributed by atoms with Crippen LogP contribution in [0.25, 0.3) is 0 Å². The molecule has 98 valence electrons. The van der Waals surface area contributed by atoms with E-state index in [1.54, 1.807) is 0 Å². The molecule has 0 aromatic rings. The lowest BCUT2D eigenvalue weighted by Crippen LogP contribution is -2.66. The van der Waals surface area contributed by atoms with Gasteiger partial charge in [0.05, 0.1) is 11.0 Å². The second-order valence-electron chi connectivity index (χ2n) is 4.82. The Bertz CT molecular complexity index is 345. The quantitative estimate of drug-likeness (QED) is 0.804. The summed E-state index contributed by atoms with van der Waals surface area (Å²) >= 11 is 0. The molecule has 4 nitrogen and oxygen atoms in total. The van der Waals surface area contributed by atoms with Gasteiger partial charge in [0.25, 0.3) is 0 Å². The maximum Gasteiger partial charge on any atom is 0.471 e. The Labute approximate surface area is 96.2 Å². The second kappa shape index (κ2) is 3.89. The number of nitrogens with one attached hydrogen (secondary N) is 1. The van der Waals surface area contributed by atoms with Gasteiger partial charge in [-0.15, -0.1) is 0 Å². The number of alkyl halides is 3. The lowest BCUT2D eigenvalue weighted by molar-refractivity contribution is -0.181. The van der Waals surface area contributed by atoms with Crippen molar-refractivity contribution in [2.45, 2.75) is 44.8 Å². The lowest BCUT2D eigenvalue weighted by Gasteiger charge is -2.51. The molecule has 0 aliphatic heterocycles. The first-order valence-corrected chi connectivity index (χ1v) is 5.16. The number of carbonyl (C=O) groups is 2. The van der Waals surface area contributed by atoms with Crippen LogP contribution in [0.15, 0.2) is 0 Å². The lowest BCUT2D eigenvalue weighted by atomic mass is 9.60. The molecule has 0 radical (unpaired) electrons. The summed E-state index contributed by atoms with van der Waals surface area (Å²) in [6, 6.07) is 0. The van der Waals surface area contributed by atoms with E-state index in [9.17, 15) is 22.8 Å². The molecule has 2 N–H and O–H groups in total. The normalized spacial score (nSPS) is 19.4. The minimum absolute atomic E-state index is 0.244. The number of halogens is 3. The van der Waals surface area contributed by atoms with E-state index in [2.05, 4.69) is 0 Å². The molecule has 7 heteroatoms. The van der Waals surface area contributed by atoms with E-state index in [1.807, 2.05) is 5.32 Å². The molecule has 1 amide bonds. The molecular formula is C10H14F3NO3. The smallest absolute Gasteiger partial charge is 0.471 e. The Morgan fingerprint density at radius 2 is 1.71 bits per heavy atom. The Balaban J connectivity index is 2.92. The van der Waals surface area contributed by atoms with E-state index in [-0.39, 0.29) is 12.8 Å². The van der Waals surface area contributed by atoms with Crippen LogP contribution in [0.3, 0.4) is 0 Å². The monoisotopic (exact) mass is 253 g/mol. The number of hydrogen-bond donors (Lipinski definition) is 2. The van der Waals surface area contributed by atoms with Crippen molar-refractivity contribution in [1.82, 2.24) is 5.32 Å². The molecule has 1 rings (SSSR count). The average molecular weight is 253 g/mol. The Kier molecular flexibility index (Phi) is 3.15. The summed E-state index contributed by atoms with van der Waals surface area (Å²) in [5, 5.41) is 10.9. The number of aliphatic carboxylic acids is 1. The van der Waals surface area contributed by atoms with Gasteiger partial charge in [0.15, 0.2) is 0 Å². The zero-order valence-electron chi connectivity index (χ0n) is 9.52.